The molecule has 25 heavy (non-hydrogen) atoms. The van der Waals surface area contributed by atoms with Gasteiger partial charge in [-0.05, 0) is 37.6 Å². The Balaban J connectivity index is 1.55. The van der Waals surface area contributed by atoms with Gasteiger partial charge in [0, 0.05) is 37.6 Å². The molecular formula is C20H22N4O. The molecule has 1 saturated heterocycles. The average molecular weight is 334 g/mol. The van der Waals surface area contributed by atoms with Crippen LogP contribution in [0.5, 0.6) is 0 Å². The van der Waals surface area contributed by atoms with Gasteiger partial charge in [0.15, 0.2) is 0 Å². The van der Waals surface area contributed by atoms with Gasteiger partial charge in [-0.1, -0.05) is 24.3 Å². The summed E-state index contributed by atoms with van der Waals surface area (Å²) in [6, 6.07) is 14.4. The monoisotopic (exact) mass is 334 g/mol. The molecular weight excluding hydrogens is 312 g/mol. The van der Waals surface area contributed by atoms with Gasteiger partial charge in [-0.25, -0.2) is 4.52 Å². The molecule has 0 unspecified atom stereocenters. The molecule has 4 rings (SSSR count). The number of carbonyl (C=O) groups is 1. The molecule has 0 spiro atoms. The molecule has 0 bridgehead atoms. The van der Waals surface area contributed by atoms with Crippen molar-refractivity contribution in [2.75, 3.05) is 24.5 Å². The molecule has 1 fully saturated rings. The standard InChI is InChI=1S/C20H22N4O/c1-15-7-3-4-8-18(15)22-11-12-23(16(2)14-22)20(25)17-13-21-24-10-6-5-9-19(17)24/h3-10,13,16H,11-12,14H2,1-2H3/t16-/m1/s1. The molecule has 3 heterocycles. The van der Waals surface area contributed by atoms with Gasteiger partial charge in [0.1, 0.15) is 0 Å². The number of fused-ring (bicyclic) bond motifs is 1. The maximum Gasteiger partial charge on any atom is 0.258 e. The number of para-hydroxylation sites is 1. The molecule has 128 valence electrons. The number of aromatic nitrogens is 2. The fourth-order valence-electron chi connectivity index (χ4n) is 3.65. The quantitative estimate of drug-likeness (QED) is 0.723. The lowest BCUT2D eigenvalue weighted by atomic mass is 10.1. The van der Waals surface area contributed by atoms with Crippen LogP contribution in [0.4, 0.5) is 5.69 Å². The Kier molecular flexibility index (Phi) is 3.92. The van der Waals surface area contributed by atoms with Crippen LogP contribution in [0.3, 0.4) is 0 Å². The minimum absolute atomic E-state index is 0.0677. The van der Waals surface area contributed by atoms with E-state index in [0.717, 1.165) is 25.2 Å². The molecule has 2 aromatic heterocycles. The van der Waals surface area contributed by atoms with E-state index in [1.54, 1.807) is 10.7 Å². The second-order valence-corrected chi connectivity index (χ2v) is 6.67. The van der Waals surface area contributed by atoms with Crippen LogP contribution in [-0.4, -0.2) is 46.1 Å². The summed E-state index contributed by atoms with van der Waals surface area (Å²) in [5.74, 6) is 0.0677. The minimum atomic E-state index is 0.0677. The van der Waals surface area contributed by atoms with Crippen LogP contribution in [0.1, 0.15) is 22.8 Å². The van der Waals surface area contributed by atoms with Gasteiger partial charge in [-0.15, -0.1) is 0 Å². The van der Waals surface area contributed by atoms with Gasteiger partial charge in [0.25, 0.3) is 5.91 Å². The first-order chi connectivity index (χ1) is 12.1. The lowest BCUT2D eigenvalue weighted by Gasteiger charge is -2.41. The van der Waals surface area contributed by atoms with Crippen LogP contribution < -0.4 is 4.90 Å². The first kappa shape index (κ1) is 15.7. The molecule has 1 aromatic carbocycles. The number of carbonyl (C=O) groups excluding carboxylic acids is 1. The smallest absolute Gasteiger partial charge is 0.258 e. The fraction of sp³-hybridized carbons (Fsp3) is 0.300. The predicted octanol–water partition coefficient (Wildman–Crippen LogP) is 2.99. The number of hydrogen-bond donors (Lipinski definition) is 0. The van der Waals surface area contributed by atoms with Crippen LogP contribution in [0.25, 0.3) is 5.52 Å². The van der Waals surface area contributed by atoms with Crippen molar-refractivity contribution in [2.24, 2.45) is 0 Å². The van der Waals surface area contributed by atoms with E-state index in [9.17, 15) is 4.79 Å². The van der Waals surface area contributed by atoms with Gasteiger partial charge in [-0.3, -0.25) is 4.79 Å². The zero-order chi connectivity index (χ0) is 17.4. The highest BCUT2D eigenvalue weighted by Gasteiger charge is 2.30. The Labute approximate surface area is 147 Å². The van der Waals surface area contributed by atoms with Crippen molar-refractivity contribution in [1.29, 1.82) is 0 Å². The second-order valence-electron chi connectivity index (χ2n) is 6.67. The third-order valence-electron chi connectivity index (χ3n) is 5.00. The molecule has 0 saturated carbocycles. The van der Waals surface area contributed by atoms with Crippen LogP contribution in [0.2, 0.25) is 0 Å². The summed E-state index contributed by atoms with van der Waals surface area (Å²) in [7, 11) is 0. The normalized spacial score (nSPS) is 17.9. The summed E-state index contributed by atoms with van der Waals surface area (Å²) in [6.07, 6.45) is 3.55. The number of aryl methyl sites for hydroxylation is 1. The Hall–Kier alpha value is -2.82. The van der Waals surface area contributed by atoms with E-state index in [1.165, 1.54) is 11.3 Å². The predicted molar refractivity (Wildman–Crippen MR) is 99.1 cm³/mol. The zero-order valence-corrected chi connectivity index (χ0v) is 14.6. The van der Waals surface area contributed by atoms with Crippen molar-refractivity contribution in [1.82, 2.24) is 14.5 Å². The number of piperazine rings is 1. The number of pyridine rings is 1. The first-order valence-corrected chi connectivity index (χ1v) is 8.69. The molecule has 1 atom stereocenters. The molecule has 5 heteroatoms. The lowest BCUT2D eigenvalue weighted by molar-refractivity contribution is 0.0676. The number of nitrogens with zero attached hydrogens (tertiary/aromatic N) is 4. The first-order valence-electron chi connectivity index (χ1n) is 8.69. The third kappa shape index (κ3) is 2.76. The maximum atomic E-state index is 13.0. The van der Waals surface area contributed by atoms with Gasteiger partial charge in [-0.2, -0.15) is 5.10 Å². The van der Waals surface area contributed by atoms with Gasteiger partial charge in [0.2, 0.25) is 0 Å². The van der Waals surface area contributed by atoms with Crippen molar-refractivity contribution < 1.29 is 4.79 Å². The molecule has 0 N–H and O–H groups in total. The summed E-state index contributed by atoms with van der Waals surface area (Å²) in [5.41, 5.74) is 4.08. The van der Waals surface area contributed by atoms with E-state index in [-0.39, 0.29) is 11.9 Å². The highest BCUT2D eigenvalue weighted by molar-refractivity contribution is 6.00. The highest BCUT2D eigenvalue weighted by atomic mass is 16.2. The molecule has 1 aliphatic heterocycles. The topological polar surface area (TPSA) is 40.8 Å². The molecule has 0 aliphatic carbocycles. The number of benzene rings is 1. The van der Waals surface area contributed by atoms with Crippen molar-refractivity contribution in [3.63, 3.8) is 0 Å². The Morgan fingerprint density at radius 2 is 1.92 bits per heavy atom. The summed E-state index contributed by atoms with van der Waals surface area (Å²) in [5, 5.41) is 4.29. The third-order valence-corrected chi connectivity index (χ3v) is 5.00. The number of hydrogen-bond acceptors (Lipinski definition) is 3. The van der Waals surface area contributed by atoms with Crippen LogP contribution in [-0.2, 0) is 0 Å². The van der Waals surface area contributed by atoms with E-state index in [0.29, 0.717) is 5.56 Å². The Morgan fingerprint density at radius 3 is 2.72 bits per heavy atom. The number of anilines is 1. The summed E-state index contributed by atoms with van der Waals surface area (Å²) in [4.78, 5) is 17.4. The fourth-order valence-corrected chi connectivity index (χ4v) is 3.65. The van der Waals surface area contributed by atoms with E-state index >= 15 is 0 Å². The van der Waals surface area contributed by atoms with Crippen LogP contribution in [0.15, 0.2) is 54.9 Å². The largest absolute Gasteiger partial charge is 0.367 e. The molecule has 1 aliphatic rings. The van der Waals surface area contributed by atoms with Crippen molar-refractivity contribution in [2.45, 2.75) is 19.9 Å². The minimum Gasteiger partial charge on any atom is -0.367 e. The van der Waals surface area contributed by atoms with E-state index < -0.39 is 0 Å². The number of rotatable bonds is 2. The summed E-state index contributed by atoms with van der Waals surface area (Å²) in [6.45, 7) is 6.67. The van der Waals surface area contributed by atoms with E-state index in [2.05, 4.69) is 48.1 Å². The van der Waals surface area contributed by atoms with Crippen LogP contribution in [0, 0.1) is 6.92 Å². The maximum absolute atomic E-state index is 13.0. The van der Waals surface area contributed by atoms with Crippen molar-refractivity contribution in [3.8, 4) is 0 Å². The molecule has 0 radical (unpaired) electrons. The molecule has 3 aromatic rings. The Bertz CT molecular complexity index is 917. The molecule has 1 amide bonds. The van der Waals surface area contributed by atoms with Gasteiger partial charge < -0.3 is 9.80 Å². The summed E-state index contributed by atoms with van der Waals surface area (Å²) < 4.78 is 1.75. The van der Waals surface area contributed by atoms with Crippen molar-refractivity contribution in [3.05, 3.63) is 66.0 Å². The van der Waals surface area contributed by atoms with E-state index in [4.69, 9.17) is 0 Å². The molecule has 5 nitrogen and oxygen atoms in total. The van der Waals surface area contributed by atoms with Crippen LogP contribution >= 0.6 is 0 Å². The lowest BCUT2D eigenvalue weighted by Crippen LogP contribution is -2.54. The average Bonchev–Trinajstić information content (AvgIpc) is 3.05. The summed E-state index contributed by atoms with van der Waals surface area (Å²) >= 11 is 0. The van der Waals surface area contributed by atoms with E-state index in [1.807, 2.05) is 29.3 Å². The number of amides is 1. The highest BCUT2D eigenvalue weighted by Crippen LogP contribution is 2.24. The van der Waals surface area contributed by atoms with Gasteiger partial charge in [0.05, 0.1) is 17.3 Å². The van der Waals surface area contributed by atoms with Crippen molar-refractivity contribution >= 4 is 17.1 Å². The SMILES string of the molecule is Cc1ccccc1N1CCN(C(=O)c2cnn3ccccc23)[C@H](C)C1. The zero-order valence-electron chi connectivity index (χ0n) is 14.6. The van der Waals surface area contributed by atoms with Gasteiger partial charge >= 0.3 is 0 Å². The second kappa shape index (κ2) is 6.24. The Morgan fingerprint density at radius 1 is 1.12 bits per heavy atom.